The van der Waals surface area contributed by atoms with Gasteiger partial charge in [0.15, 0.2) is 0 Å². The summed E-state index contributed by atoms with van der Waals surface area (Å²) in [5, 5.41) is 4.72. The predicted octanol–water partition coefficient (Wildman–Crippen LogP) is 4.85. The van der Waals surface area contributed by atoms with Crippen molar-refractivity contribution in [1.82, 2.24) is 5.32 Å². The molecular formula is C17H24BrClN2. The quantitative estimate of drug-likeness (QED) is 0.799. The summed E-state index contributed by atoms with van der Waals surface area (Å²) in [6.07, 6.45) is 5.28. The van der Waals surface area contributed by atoms with Crippen molar-refractivity contribution in [3.8, 4) is 0 Å². The van der Waals surface area contributed by atoms with Crippen molar-refractivity contribution in [2.75, 3.05) is 18.0 Å². The van der Waals surface area contributed by atoms with Gasteiger partial charge < -0.3 is 10.2 Å². The molecule has 1 saturated heterocycles. The molecule has 2 fully saturated rings. The van der Waals surface area contributed by atoms with E-state index < -0.39 is 0 Å². The van der Waals surface area contributed by atoms with Crippen LogP contribution in [0.2, 0.25) is 5.02 Å². The summed E-state index contributed by atoms with van der Waals surface area (Å²) in [6, 6.07) is 6.69. The first kappa shape index (κ1) is 15.6. The zero-order valence-corrected chi connectivity index (χ0v) is 15.2. The Kier molecular flexibility index (Phi) is 4.54. The molecule has 1 aliphatic heterocycles. The van der Waals surface area contributed by atoms with E-state index in [9.17, 15) is 0 Å². The smallest absolute Gasteiger partial charge is 0.0640 e. The highest BCUT2D eigenvalue weighted by Gasteiger charge is 2.42. The summed E-state index contributed by atoms with van der Waals surface area (Å²) >= 11 is 10.1. The van der Waals surface area contributed by atoms with Crippen LogP contribution in [-0.2, 0) is 0 Å². The fourth-order valence-electron chi connectivity index (χ4n) is 3.88. The SMILES string of the molecule is CC(C)C1CNC2(CCCC2)CN1c1cc(Br)ccc1Cl. The van der Waals surface area contributed by atoms with Gasteiger partial charge in [-0.25, -0.2) is 0 Å². The van der Waals surface area contributed by atoms with Gasteiger partial charge in [0.2, 0.25) is 0 Å². The van der Waals surface area contributed by atoms with Crippen molar-refractivity contribution in [2.45, 2.75) is 51.1 Å². The van der Waals surface area contributed by atoms with Crippen LogP contribution in [0.15, 0.2) is 22.7 Å². The Balaban J connectivity index is 1.95. The molecule has 2 nitrogen and oxygen atoms in total. The lowest BCUT2D eigenvalue weighted by atomic mass is 9.88. The largest absolute Gasteiger partial charge is 0.364 e. The third kappa shape index (κ3) is 3.11. The Labute approximate surface area is 141 Å². The molecule has 1 N–H and O–H groups in total. The van der Waals surface area contributed by atoms with E-state index in [0.717, 1.165) is 22.6 Å². The predicted molar refractivity (Wildman–Crippen MR) is 94.3 cm³/mol. The molecule has 1 aromatic rings. The first-order chi connectivity index (χ1) is 10.0. The maximum atomic E-state index is 6.51. The summed E-state index contributed by atoms with van der Waals surface area (Å²) in [5.74, 6) is 0.603. The minimum absolute atomic E-state index is 0.303. The zero-order valence-electron chi connectivity index (χ0n) is 12.8. The highest BCUT2D eigenvalue weighted by molar-refractivity contribution is 9.10. The number of hydrogen-bond donors (Lipinski definition) is 1. The molecule has 21 heavy (non-hydrogen) atoms. The van der Waals surface area contributed by atoms with Crippen molar-refractivity contribution in [3.05, 3.63) is 27.7 Å². The number of nitrogens with one attached hydrogen (secondary N) is 1. The van der Waals surface area contributed by atoms with E-state index in [0.29, 0.717) is 17.5 Å². The second-order valence-corrected chi connectivity index (χ2v) is 8.23. The van der Waals surface area contributed by atoms with Crippen molar-refractivity contribution in [3.63, 3.8) is 0 Å². The third-order valence-electron chi connectivity index (χ3n) is 5.11. The van der Waals surface area contributed by atoms with Gasteiger partial charge in [0, 0.05) is 29.1 Å². The number of hydrogen-bond acceptors (Lipinski definition) is 2. The van der Waals surface area contributed by atoms with E-state index in [1.807, 2.05) is 12.1 Å². The summed E-state index contributed by atoms with van der Waals surface area (Å²) in [6.45, 7) is 6.74. The normalized spacial score (nSPS) is 25.0. The molecule has 1 unspecified atom stereocenters. The molecule has 2 aliphatic rings. The summed E-state index contributed by atoms with van der Waals surface area (Å²) < 4.78 is 1.10. The Hall–Kier alpha value is -0.250. The van der Waals surface area contributed by atoms with Gasteiger partial charge in [0.05, 0.1) is 10.7 Å². The molecule has 1 saturated carbocycles. The van der Waals surface area contributed by atoms with Crippen molar-refractivity contribution < 1.29 is 0 Å². The van der Waals surface area contributed by atoms with Crippen LogP contribution in [0.3, 0.4) is 0 Å². The molecule has 1 aromatic carbocycles. The molecule has 1 heterocycles. The minimum atomic E-state index is 0.303. The highest BCUT2D eigenvalue weighted by atomic mass is 79.9. The van der Waals surface area contributed by atoms with E-state index in [1.54, 1.807) is 0 Å². The molecule has 0 radical (unpaired) electrons. The molecule has 3 rings (SSSR count). The molecule has 1 aliphatic carbocycles. The number of nitrogens with zero attached hydrogens (tertiary/aromatic N) is 1. The average Bonchev–Trinajstić information content (AvgIpc) is 2.89. The maximum Gasteiger partial charge on any atom is 0.0640 e. The fourth-order valence-corrected chi connectivity index (χ4v) is 4.46. The molecular weight excluding hydrogens is 348 g/mol. The number of piperazine rings is 1. The van der Waals surface area contributed by atoms with E-state index in [4.69, 9.17) is 11.6 Å². The van der Waals surface area contributed by atoms with E-state index in [-0.39, 0.29) is 0 Å². The van der Waals surface area contributed by atoms with Gasteiger partial charge in [-0.15, -0.1) is 0 Å². The van der Waals surface area contributed by atoms with Gasteiger partial charge in [-0.3, -0.25) is 0 Å². The number of anilines is 1. The molecule has 0 amide bonds. The van der Waals surface area contributed by atoms with Crippen LogP contribution in [0, 0.1) is 5.92 Å². The standard InChI is InChI=1S/C17H24BrClN2/c1-12(2)16-10-20-17(7-3-4-8-17)11-21(16)15-9-13(18)5-6-14(15)19/h5-6,9,12,16,20H,3-4,7-8,10-11H2,1-2H3. The van der Waals surface area contributed by atoms with Gasteiger partial charge in [-0.1, -0.05) is 54.2 Å². The zero-order chi connectivity index (χ0) is 15.0. The van der Waals surface area contributed by atoms with Crippen LogP contribution >= 0.6 is 27.5 Å². The van der Waals surface area contributed by atoms with E-state index in [2.05, 4.69) is 46.1 Å². The molecule has 1 atom stereocenters. The van der Waals surface area contributed by atoms with Crippen LogP contribution < -0.4 is 10.2 Å². The number of halogens is 2. The Morgan fingerprint density at radius 2 is 2.05 bits per heavy atom. The van der Waals surface area contributed by atoms with Crippen molar-refractivity contribution in [2.24, 2.45) is 5.92 Å². The lowest BCUT2D eigenvalue weighted by Gasteiger charge is -2.49. The lowest BCUT2D eigenvalue weighted by molar-refractivity contribution is 0.245. The van der Waals surface area contributed by atoms with Crippen molar-refractivity contribution >= 4 is 33.2 Å². The lowest BCUT2D eigenvalue weighted by Crippen LogP contribution is -2.64. The average molecular weight is 372 g/mol. The van der Waals surface area contributed by atoms with Crippen LogP contribution in [0.25, 0.3) is 0 Å². The van der Waals surface area contributed by atoms with Crippen LogP contribution in [0.1, 0.15) is 39.5 Å². The van der Waals surface area contributed by atoms with Gasteiger partial charge in [-0.2, -0.15) is 0 Å². The van der Waals surface area contributed by atoms with E-state index in [1.165, 1.54) is 31.4 Å². The Bertz CT molecular complexity index is 512. The van der Waals surface area contributed by atoms with Gasteiger partial charge in [0.25, 0.3) is 0 Å². The molecule has 116 valence electrons. The van der Waals surface area contributed by atoms with Crippen molar-refractivity contribution in [1.29, 1.82) is 0 Å². The summed E-state index contributed by atoms with van der Waals surface area (Å²) in [7, 11) is 0. The molecule has 4 heteroatoms. The second-order valence-electron chi connectivity index (χ2n) is 6.90. The monoisotopic (exact) mass is 370 g/mol. The van der Waals surface area contributed by atoms with Gasteiger partial charge in [0.1, 0.15) is 0 Å². The number of rotatable bonds is 2. The van der Waals surface area contributed by atoms with E-state index >= 15 is 0 Å². The Morgan fingerprint density at radius 1 is 1.33 bits per heavy atom. The molecule has 0 bridgehead atoms. The first-order valence-electron chi connectivity index (χ1n) is 7.97. The Morgan fingerprint density at radius 3 is 2.71 bits per heavy atom. The van der Waals surface area contributed by atoms with Gasteiger partial charge >= 0.3 is 0 Å². The molecule has 0 aromatic heterocycles. The second kappa shape index (κ2) is 6.10. The van der Waals surface area contributed by atoms with Crippen LogP contribution in [0.4, 0.5) is 5.69 Å². The first-order valence-corrected chi connectivity index (χ1v) is 9.15. The van der Waals surface area contributed by atoms with Crippen LogP contribution in [-0.4, -0.2) is 24.7 Å². The molecule has 1 spiro atoms. The third-order valence-corrected chi connectivity index (χ3v) is 5.92. The topological polar surface area (TPSA) is 15.3 Å². The van der Waals surface area contributed by atoms with Crippen LogP contribution in [0.5, 0.6) is 0 Å². The maximum absolute atomic E-state index is 6.51. The highest BCUT2D eigenvalue weighted by Crippen LogP contribution is 2.39. The van der Waals surface area contributed by atoms with Gasteiger partial charge in [-0.05, 0) is 37.0 Å². The summed E-state index contributed by atoms with van der Waals surface area (Å²) in [5.41, 5.74) is 1.48. The fraction of sp³-hybridized carbons (Fsp3) is 0.647. The summed E-state index contributed by atoms with van der Waals surface area (Å²) in [4.78, 5) is 2.56. The minimum Gasteiger partial charge on any atom is -0.364 e. The number of benzene rings is 1.